The highest BCUT2D eigenvalue weighted by molar-refractivity contribution is 6.03. The van der Waals surface area contributed by atoms with Gasteiger partial charge < -0.3 is 19.3 Å². The molecule has 26 heavy (non-hydrogen) atoms. The normalized spacial score (nSPS) is 12.0. The molecule has 0 aliphatic carbocycles. The lowest BCUT2D eigenvalue weighted by Gasteiger charge is -2.26. The van der Waals surface area contributed by atoms with Crippen LogP contribution >= 0.6 is 0 Å². The number of anilines is 2. The third-order valence-corrected chi connectivity index (χ3v) is 4.27. The van der Waals surface area contributed by atoms with E-state index in [9.17, 15) is 9.59 Å². The molecule has 0 atom stereocenters. The number of fused-ring (bicyclic) bond motifs is 1. The van der Waals surface area contributed by atoms with Crippen molar-refractivity contribution in [3.63, 3.8) is 0 Å². The minimum Gasteiger partial charge on any atom is -0.454 e. The van der Waals surface area contributed by atoms with Gasteiger partial charge in [0, 0.05) is 30.9 Å². The first kappa shape index (κ1) is 17.8. The van der Waals surface area contributed by atoms with E-state index in [2.05, 4.69) is 0 Å². The maximum Gasteiger partial charge on any atom is 0.247 e. The second kappa shape index (κ2) is 7.47. The van der Waals surface area contributed by atoms with Crippen LogP contribution in [0.4, 0.5) is 11.4 Å². The molecular formula is C20H22N2O4. The Labute approximate surface area is 152 Å². The van der Waals surface area contributed by atoms with Crippen molar-refractivity contribution >= 4 is 23.2 Å². The number of carbonyl (C=O) groups excluding carboxylic acids is 2. The van der Waals surface area contributed by atoms with Crippen molar-refractivity contribution in [3.05, 3.63) is 48.0 Å². The summed E-state index contributed by atoms with van der Waals surface area (Å²) in [5, 5.41) is 0. The average Bonchev–Trinajstić information content (AvgIpc) is 3.07. The van der Waals surface area contributed by atoms with Gasteiger partial charge in [-0.1, -0.05) is 12.1 Å². The zero-order chi connectivity index (χ0) is 18.7. The van der Waals surface area contributed by atoms with E-state index in [1.165, 1.54) is 11.8 Å². The average molecular weight is 354 g/mol. The summed E-state index contributed by atoms with van der Waals surface area (Å²) in [7, 11) is 0. The molecule has 1 heterocycles. The van der Waals surface area contributed by atoms with Gasteiger partial charge in [0.1, 0.15) is 6.54 Å². The van der Waals surface area contributed by atoms with Crippen LogP contribution in [-0.2, 0) is 9.59 Å². The van der Waals surface area contributed by atoms with E-state index in [0.29, 0.717) is 23.7 Å². The van der Waals surface area contributed by atoms with Crippen LogP contribution in [0.25, 0.3) is 0 Å². The molecule has 3 rings (SSSR count). The van der Waals surface area contributed by atoms with Gasteiger partial charge in [-0.15, -0.1) is 0 Å². The van der Waals surface area contributed by atoms with Crippen molar-refractivity contribution in [1.29, 1.82) is 0 Å². The Balaban J connectivity index is 1.83. The van der Waals surface area contributed by atoms with E-state index in [1.807, 2.05) is 38.1 Å². The quantitative estimate of drug-likeness (QED) is 0.828. The molecule has 6 heteroatoms. The largest absolute Gasteiger partial charge is 0.454 e. The number of likely N-dealkylation sites (N-methyl/N-ethyl adjacent to an activating group) is 1. The zero-order valence-electron chi connectivity index (χ0n) is 15.2. The van der Waals surface area contributed by atoms with E-state index in [-0.39, 0.29) is 25.2 Å². The smallest absolute Gasteiger partial charge is 0.247 e. The van der Waals surface area contributed by atoms with Crippen molar-refractivity contribution in [3.8, 4) is 11.5 Å². The van der Waals surface area contributed by atoms with Crippen LogP contribution in [0.15, 0.2) is 42.5 Å². The summed E-state index contributed by atoms with van der Waals surface area (Å²) in [5.41, 5.74) is 2.51. The van der Waals surface area contributed by atoms with E-state index in [0.717, 1.165) is 11.3 Å². The molecule has 0 radical (unpaired) electrons. The molecule has 0 saturated carbocycles. The lowest BCUT2D eigenvalue weighted by Crippen LogP contribution is -2.42. The summed E-state index contributed by atoms with van der Waals surface area (Å²) in [4.78, 5) is 28.2. The zero-order valence-corrected chi connectivity index (χ0v) is 15.2. The summed E-state index contributed by atoms with van der Waals surface area (Å²) in [6.07, 6.45) is 0. The lowest BCUT2D eigenvalue weighted by molar-refractivity contribution is -0.121. The summed E-state index contributed by atoms with van der Waals surface area (Å²) in [6.45, 7) is 5.98. The van der Waals surface area contributed by atoms with Gasteiger partial charge in [-0.2, -0.15) is 0 Å². The number of benzene rings is 2. The molecule has 2 aromatic carbocycles. The lowest BCUT2D eigenvalue weighted by atomic mass is 10.2. The molecule has 136 valence electrons. The maximum atomic E-state index is 12.9. The van der Waals surface area contributed by atoms with Crippen LogP contribution in [0.3, 0.4) is 0 Å². The second-order valence-electron chi connectivity index (χ2n) is 6.12. The fourth-order valence-corrected chi connectivity index (χ4v) is 2.96. The minimum absolute atomic E-state index is 0.0449. The first-order valence-electron chi connectivity index (χ1n) is 8.54. The van der Waals surface area contributed by atoms with Crippen molar-refractivity contribution < 1.29 is 19.1 Å². The number of ether oxygens (including phenoxy) is 2. The van der Waals surface area contributed by atoms with E-state index < -0.39 is 0 Å². The standard InChI is InChI=1S/C20H22N2O4/c1-4-21(16-7-5-6-14(2)10-16)20(24)12-22(15(3)23)17-8-9-18-19(11-17)26-13-25-18/h5-11H,4,12-13H2,1-3H3. The molecule has 6 nitrogen and oxygen atoms in total. The highest BCUT2D eigenvalue weighted by Crippen LogP contribution is 2.35. The number of hydrogen-bond acceptors (Lipinski definition) is 4. The fourth-order valence-electron chi connectivity index (χ4n) is 2.96. The van der Waals surface area contributed by atoms with Crippen LogP contribution in [0, 0.1) is 6.92 Å². The van der Waals surface area contributed by atoms with Crippen molar-refractivity contribution in [2.24, 2.45) is 0 Å². The van der Waals surface area contributed by atoms with Crippen molar-refractivity contribution in [2.75, 3.05) is 29.7 Å². The molecule has 0 fully saturated rings. The predicted molar refractivity (Wildman–Crippen MR) is 99.8 cm³/mol. The van der Waals surface area contributed by atoms with Crippen molar-refractivity contribution in [2.45, 2.75) is 20.8 Å². The molecule has 2 amide bonds. The molecule has 2 aromatic rings. The summed E-state index contributed by atoms with van der Waals surface area (Å²) < 4.78 is 10.7. The number of amides is 2. The Morgan fingerprint density at radius 2 is 1.73 bits per heavy atom. The summed E-state index contributed by atoms with van der Waals surface area (Å²) in [5.74, 6) is 0.856. The Hall–Kier alpha value is -3.02. The topological polar surface area (TPSA) is 59.1 Å². The first-order chi connectivity index (χ1) is 12.5. The van der Waals surface area contributed by atoms with Gasteiger partial charge in [0.2, 0.25) is 18.6 Å². The van der Waals surface area contributed by atoms with Crippen LogP contribution in [0.1, 0.15) is 19.4 Å². The van der Waals surface area contributed by atoms with Gasteiger partial charge in [-0.05, 0) is 43.7 Å². The fraction of sp³-hybridized carbons (Fsp3) is 0.300. The molecule has 0 N–H and O–H groups in total. The van der Waals surface area contributed by atoms with Crippen molar-refractivity contribution in [1.82, 2.24) is 0 Å². The Morgan fingerprint density at radius 1 is 1.00 bits per heavy atom. The number of nitrogens with zero attached hydrogens (tertiary/aromatic N) is 2. The molecule has 0 aromatic heterocycles. The second-order valence-corrected chi connectivity index (χ2v) is 6.12. The molecule has 1 aliphatic heterocycles. The Bertz CT molecular complexity index is 834. The summed E-state index contributed by atoms with van der Waals surface area (Å²) in [6, 6.07) is 13.0. The SMILES string of the molecule is CCN(C(=O)CN(C(C)=O)c1ccc2c(c1)OCO2)c1cccc(C)c1. The molecule has 0 unspecified atom stereocenters. The number of aryl methyl sites for hydroxylation is 1. The maximum absolute atomic E-state index is 12.9. The Kier molecular flexibility index (Phi) is 5.11. The van der Waals surface area contributed by atoms with Crippen LogP contribution in [0.2, 0.25) is 0 Å². The van der Waals surface area contributed by atoms with Crippen LogP contribution in [0.5, 0.6) is 11.5 Å². The Morgan fingerprint density at radius 3 is 2.42 bits per heavy atom. The van der Waals surface area contributed by atoms with E-state index in [4.69, 9.17) is 9.47 Å². The number of carbonyl (C=O) groups is 2. The minimum atomic E-state index is -0.211. The van der Waals surface area contributed by atoms with Crippen LogP contribution < -0.4 is 19.3 Å². The number of rotatable bonds is 5. The van der Waals surface area contributed by atoms with Gasteiger partial charge in [-0.3, -0.25) is 9.59 Å². The number of hydrogen-bond donors (Lipinski definition) is 0. The van der Waals surface area contributed by atoms with Gasteiger partial charge in [0.25, 0.3) is 0 Å². The van der Waals surface area contributed by atoms with Crippen LogP contribution in [-0.4, -0.2) is 31.7 Å². The van der Waals surface area contributed by atoms with Gasteiger partial charge in [0.15, 0.2) is 11.5 Å². The van der Waals surface area contributed by atoms with Gasteiger partial charge in [-0.25, -0.2) is 0 Å². The highest BCUT2D eigenvalue weighted by atomic mass is 16.7. The molecule has 0 saturated heterocycles. The molecule has 0 bridgehead atoms. The first-order valence-corrected chi connectivity index (χ1v) is 8.54. The predicted octanol–water partition coefficient (Wildman–Crippen LogP) is 3.13. The third kappa shape index (κ3) is 3.64. The monoisotopic (exact) mass is 354 g/mol. The van der Waals surface area contributed by atoms with Gasteiger partial charge >= 0.3 is 0 Å². The highest BCUT2D eigenvalue weighted by Gasteiger charge is 2.23. The molecule has 1 aliphatic rings. The van der Waals surface area contributed by atoms with E-state index >= 15 is 0 Å². The molecule has 0 spiro atoms. The third-order valence-electron chi connectivity index (χ3n) is 4.27. The molecular weight excluding hydrogens is 332 g/mol. The van der Waals surface area contributed by atoms with Gasteiger partial charge in [0.05, 0.1) is 0 Å². The summed E-state index contributed by atoms with van der Waals surface area (Å²) >= 11 is 0. The van der Waals surface area contributed by atoms with E-state index in [1.54, 1.807) is 23.1 Å².